The van der Waals surface area contributed by atoms with Crippen molar-refractivity contribution in [3.63, 3.8) is 0 Å². The van der Waals surface area contributed by atoms with Gasteiger partial charge in [-0.05, 0) is 31.6 Å². The molecule has 1 fully saturated rings. The molecule has 0 aliphatic carbocycles. The third-order valence-corrected chi connectivity index (χ3v) is 2.52. The van der Waals surface area contributed by atoms with Crippen LogP contribution in [0.15, 0.2) is 0 Å². The van der Waals surface area contributed by atoms with Crippen LogP contribution in [-0.2, 0) is 9.47 Å². The van der Waals surface area contributed by atoms with Crippen molar-refractivity contribution in [2.24, 2.45) is 5.92 Å². The van der Waals surface area contributed by atoms with Crippen molar-refractivity contribution in [2.45, 2.75) is 45.3 Å². The highest BCUT2D eigenvalue weighted by Gasteiger charge is 2.13. The summed E-state index contributed by atoms with van der Waals surface area (Å²) in [6.45, 7) is 3.78. The van der Waals surface area contributed by atoms with E-state index in [9.17, 15) is 0 Å². The molecule has 0 amide bonds. The normalized spacial score (nSPS) is 24.1. The molecule has 0 bridgehead atoms. The summed E-state index contributed by atoms with van der Waals surface area (Å²) < 4.78 is 11.1. The lowest BCUT2D eigenvalue weighted by atomic mass is 10.1. The van der Waals surface area contributed by atoms with Crippen LogP contribution in [-0.4, -0.2) is 19.5 Å². The fraction of sp³-hybridized carbons (Fsp3) is 0.833. The van der Waals surface area contributed by atoms with Gasteiger partial charge < -0.3 is 9.47 Å². The Bertz CT molecular complexity index is 177. The predicted molar refractivity (Wildman–Crippen MR) is 56.8 cm³/mol. The first-order valence-corrected chi connectivity index (χ1v) is 5.49. The quantitative estimate of drug-likeness (QED) is 0.629. The smallest absolute Gasteiger partial charge is 0.157 e. The van der Waals surface area contributed by atoms with Crippen LogP contribution in [0, 0.1) is 18.3 Å². The van der Waals surface area contributed by atoms with E-state index in [2.05, 4.69) is 12.8 Å². The average molecular weight is 196 g/mol. The highest BCUT2D eigenvalue weighted by Crippen LogP contribution is 2.15. The Balaban J connectivity index is 2.00. The van der Waals surface area contributed by atoms with Crippen LogP contribution in [0.25, 0.3) is 0 Å². The van der Waals surface area contributed by atoms with Crippen molar-refractivity contribution >= 4 is 0 Å². The lowest BCUT2D eigenvalue weighted by molar-refractivity contribution is -0.163. The van der Waals surface area contributed by atoms with Crippen molar-refractivity contribution in [1.29, 1.82) is 0 Å². The lowest BCUT2D eigenvalue weighted by Crippen LogP contribution is -2.23. The van der Waals surface area contributed by atoms with E-state index in [0.717, 1.165) is 32.5 Å². The summed E-state index contributed by atoms with van der Waals surface area (Å²) in [7, 11) is 0. The Morgan fingerprint density at radius 1 is 1.57 bits per heavy atom. The molecule has 1 heterocycles. The molecule has 2 nitrogen and oxygen atoms in total. The zero-order chi connectivity index (χ0) is 10.2. The molecule has 2 atom stereocenters. The van der Waals surface area contributed by atoms with Gasteiger partial charge in [0, 0.05) is 13.0 Å². The summed E-state index contributed by atoms with van der Waals surface area (Å²) in [6.07, 6.45) is 10.6. The maximum Gasteiger partial charge on any atom is 0.157 e. The van der Waals surface area contributed by atoms with Crippen LogP contribution < -0.4 is 0 Å². The van der Waals surface area contributed by atoms with Gasteiger partial charge in [-0.25, -0.2) is 0 Å². The highest BCUT2D eigenvalue weighted by molar-refractivity contribution is 4.85. The lowest BCUT2D eigenvalue weighted by Gasteiger charge is -2.23. The summed E-state index contributed by atoms with van der Waals surface area (Å²) in [6, 6.07) is 0. The summed E-state index contributed by atoms with van der Waals surface area (Å²) in [5.41, 5.74) is 0. The molecule has 2 heteroatoms. The Kier molecular flexibility index (Phi) is 5.66. The van der Waals surface area contributed by atoms with Gasteiger partial charge in [-0.1, -0.05) is 6.92 Å². The van der Waals surface area contributed by atoms with Crippen molar-refractivity contribution < 1.29 is 9.47 Å². The predicted octanol–water partition coefficient (Wildman–Crippen LogP) is 2.58. The molecule has 0 saturated carbocycles. The average Bonchev–Trinajstić information content (AvgIpc) is 2.20. The molecule has 0 aromatic carbocycles. The van der Waals surface area contributed by atoms with Gasteiger partial charge >= 0.3 is 0 Å². The second-order valence-corrected chi connectivity index (χ2v) is 3.97. The molecule has 80 valence electrons. The molecule has 1 aliphatic heterocycles. The summed E-state index contributed by atoms with van der Waals surface area (Å²) in [4.78, 5) is 0. The molecule has 0 radical (unpaired) electrons. The first kappa shape index (κ1) is 11.6. The molecule has 0 N–H and O–H groups in total. The molecule has 0 spiro atoms. The van der Waals surface area contributed by atoms with E-state index >= 15 is 0 Å². The Morgan fingerprint density at radius 3 is 3.07 bits per heavy atom. The van der Waals surface area contributed by atoms with Gasteiger partial charge in [-0.3, -0.25) is 0 Å². The second-order valence-electron chi connectivity index (χ2n) is 3.97. The molecule has 0 aromatic rings. The van der Waals surface area contributed by atoms with Gasteiger partial charge in [0.2, 0.25) is 0 Å². The summed E-state index contributed by atoms with van der Waals surface area (Å²) in [5.74, 6) is 3.23. The molecule has 14 heavy (non-hydrogen) atoms. The maximum absolute atomic E-state index is 5.61. The van der Waals surface area contributed by atoms with E-state index in [1.807, 2.05) is 0 Å². The molecule has 1 aliphatic rings. The van der Waals surface area contributed by atoms with Crippen LogP contribution >= 0.6 is 0 Å². The largest absolute Gasteiger partial charge is 0.353 e. The van der Waals surface area contributed by atoms with Crippen LogP contribution in [0.1, 0.15) is 39.0 Å². The topological polar surface area (TPSA) is 18.5 Å². The SMILES string of the molecule is C#CC[C@H](C)CCOC1CCCCO1. The van der Waals surface area contributed by atoms with Crippen molar-refractivity contribution in [2.75, 3.05) is 13.2 Å². The minimum atomic E-state index is 0.0433. The number of hydrogen-bond donors (Lipinski definition) is 0. The Morgan fingerprint density at radius 2 is 2.43 bits per heavy atom. The zero-order valence-electron chi connectivity index (χ0n) is 9.00. The number of terminal acetylenes is 1. The van der Waals surface area contributed by atoms with Crippen LogP contribution in [0.2, 0.25) is 0 Å². The molecule has 1 saturated heterocycles. The molecule has 0 aromatic heterocycles. The van der Waals surface area contributed by atoms with E-state index < -0.39 is 0 Å². The summed E-state index contributed by atoms with van der Waals surface area (Å²) in [5, 5.41) is 0. The summed E-state index contributed by atoms with van der Waals surface area (Å²) >= 11 is 0. The number of hydrogen-bond acceptors (Lipinski definition) is 2. The fourth-order valence-electron chi connectivity index (χ4n) is 1.55. The third kappa shape index (κ3) is 4.64. The van der Waals surface area contributed by atoms with E-state index in [-0.39, 0.29) is 6.29 Å². The number of ether oxygens (including phenoxy) is 2. The van der Waals surface area contributed by atoms with Gasteiger partial charge in [0.25, 0.3) is 0 Å². The van der Waals surface area contributed by atoms with Gasteiger partial charge in [0.05, 0.1) is 6.61 Å². The van der Waals surface area contributed by atoms with Crippen molar-refractivity contribution in [3.8, 4) is 12.3 Å². The second kappa shape index (κ2) is 6.86. The molecular weight excluding hydrogens is 176 g/mol. The standard InChI is InChI=1S/C12H20O2/c1-3-6-11(2)8-10-14-12-7-4-5-9-13-12/h1,11-12H,4-10H2,2H3/t11-,12?/m0/s1. The van der Waals surface area contributed by atoms with Gasteiger partial charge in [-0.2, -0.15) is 0 Å². The monoisotopic (exact) mass is 196 g/mol. The molecular formula is C12H20O2. The van der Waals surface area contributed by atoms with Crippen molar-refractivity contribution in [3.05, 3.63) is 0 Å². The van der Waals surface area contributed by atoms with E-state index in [4.69, 9.17) is 15.9 Å². The van der Waals surface area contributed by atoms with E-state index in [0.29, 0.717) is 5.92 Å². The van der Waals surface area contributed by atoms with Crippen LogP contribution in [0.3, 0.4) is 0 Å². The maximum atomic E-state index is 5.61. The molecule has 1 rings (SSSR count). The highest BCUT2D eigenvalue weighted by atomic mass is 16.7. The van der Waals surface area contributed by atoms with Gasteiger partial charge in [0.1, 0.15) is 0 Å². The fourth-order valence-corrected chi connectivity index (χ4v) is 1.55. The van der Waals surface area contributed by atoms with Crippen LogP contribution in [0.4, 0.5) is 0 Å². The van der Waals surface area contributed by atoms with Crippen LogP contribution in [0.5, 0.6) is 0 Å². The van der Waals surface area contributed by atoms with E-state index in [1.165, 1.54) is 12.8 Å². The zero-order valence-corrected chi connectivity index (χ0v) is 9.00. The number of rotatable bonds is 5. The Hall–Kier alpha value is -0.520. The third-order valence-electron chi connectivity index (χ3n) is 2.52. The first-order chi connectivity index (χ1) is 6.83. The Labute approximate surface area is 87.0 Å². The minimum Gasteiger partial charge on any atom is -0.353 e. The molecule has 1 unspecified atom stereocenters. The van der Waals surface area contributed by atoms with Gasteiger partial charge in [-0.15, -0.1) is 12.3 Å². The van der Waals surface area contributed by atoms with Crippen molar-refractivity contribution in [1.82, 2.24) is 0 Å². The first-order valence-electron chi connectivity index (χ1n) is 5.49. The minimum absolute atomic E-state index is 0.0433. The van der Waals surface area contributed by atoms with Gasteiger partial charge in [0.15, 0.2) is 6.29 Å². The van der Waals surface area contributed by atoms with E-state index in [1.54, 1.807) is 0 Å².